The van der Waals surface area contributed by atoms with Gasteiger partial charge in [-0.2, -0.15) is 0 Å². The largest absolute Gasteiger partial charge is 0.320 e. The van der Waals surface area contributed by atoms with Crippen LogP contribution in [0.3, 0.4) is 0 Å². The maximum atomic E-state index is 3.27. The third kappa shape index (κ3) is 4.41. The summed E-state index contributed by atoms with van der Waals surface area (Å²) in [5.41, 5.74) is 4.26. The molecular formula is C21H36BN. The summed E-state index contributed by atoms with van der Waals surface area (Å²) < 4.78 is 0. The van der Waals surface area contributed by atoms with E-state index >= 15 is 0 Å². The van der Waals surface area contributed by atoms with E-state index in [9.17, 15) is 0 Å². The zero-order valence-corrected chi connectivity index (χ0v) is 16.4. The van der Waals surface area contributed by atoms with E-state index in [0.29, 0.717) is 16.2 Å². The molecule has 1 aliphatic rings. The van der Waals surface area contributed by atoms with Gasteiger partial charge in [0.1, 0.15) is 0 Å². The van der Waals surface area contributed by atoms with Gasteiger partial charge in [0.2, 0.25) is 0 Å². The van der Waals surface area contributed by atoms with Crippen LogP contribution < -0.4 is 10.8 Å². The second kappa shape index (κ2) is 6.63. The number of rotatable bonds is 6. The maximum absolute atomic E-state index is 3.27. The summed E-state index contributed by atoms with van der Waals surface area (Å²) in [6, 6.07) is 9.53. The normalized spacial score (nSPS) is 20.0. The van der Waals surface area contributed by atoms with Crippen LogP contribution in [0, 0.1) is 16.2 Å². The Morgan fingerprint density at radius 1 is 1.00 bits per heavy atom. The van der Waals surface area contributed by atoms with Crippen molar-refractivity contribution in [3.05, 3.63) is 29.8 Å². The lowest BCUT2D eigenvalue weighted by Crippen LogP contribution is -2.28. The van der Waals surface area contributed by atoms with E-state index in [4.69, 9.17) is 0 Å². The van der Waals surface area contributed by atoms with E-state index in [1.165, 1.54) is 24.6 Å². The molecule has 0 saturated carbocycles. The van der Waals surface area contributed by atoms with Gasteiger partial charge >= 0.3 is 0 Å². The van der Waals surface area contributed by atoms with Crippen molar-refractivity contribution in [3.63, 3.8) is 0 Å². The van der Waals surface area contributed by atoms with Crippen molar-refractivity contribution in [2.75, 3.05) is 13.6 Å². The molecule has 0 bridgehead atoms. The van der Waals surface area contributed by atoms with Crippen molar-refractivity contribution < 1.29 is 0 Å². The van der Waals surface area contributed by atoms with Gasteiger partial charge in [0.05, 0.1) is 0 Å². The highest BCUT2D eigenvalue weighted by atomic mass is 14.8. The Balaban J connectivity index is 2.03. The molecule has 0 spiro atoms. The molecule has 1 heterocycles. The molecule has 0 radical (unpaired) electrons. The Bertz CT molecular complexity index is 497. The Hall–Kier alpha value is -0.755. The molecule has 0 atom stereocenters. The van der Waals surface area contributed by atoms with E-state index in [-0.39, 0.29) is 0 Å². The Labute approximate surface area is 144 Å². The molecule has 1 N–H and O–H groups in total. The highest BCUT2D eigenvalue weighted by Crippen LogP contribution is 2.52. The number of nitrogens with one attached hydrogen (secondary N) is 1. The molecule has 0 aromatic heterocycles. The number of benzene rings is 1. The van der Waals surface area contributed by atoms with Gasteiger partial charge < -0.3 is 5.32 Å². The standard InChI is InChI=1S/C21H36BN/c1-19(2,12-13-23-7)14-17-8-10-18(11-9-17)22-15-20(3,4)21(5,6)16-22/h8-11,23H,12-16H2,1-7H3. The predicted octanol–water partition coefficient (Wildman–Crippen LogP) is 4.63. The first-order chi connectivity index (χ1) is 10.6. The summed E-state index contributed by atoms with van der Waals surface area (Å²) in [5.74, 6) is 0. The van der Waals surface area contributed by atoms with Crippen molar-refractivity contribution in [3.8, 4) is 0 Å². The first kappa shape index (κ1) is 18.6. The average Bonchev–Trinajstić information content (AvgIpc) is 2.66. The van der Waals surface area contributed by atoms with Crippen molar-refractivity contribution >= 4 is 12.2 Å². The minimum absolute atomic E-state index is 0.363. The van der Waals surface area contributed by atoms with Crippen LogP contribution in [0.2, 0.25) is 12.6 Å². The van der Waals surface area contributed by atoms with Crippen molar-refractivity contribution in [1.29, 1.82) is 0 Å². The molecule has 1 aromatic rings. The lowest BCUT2D eigenvalue weighted by molar-refractivity contribution is 0.177. The molecule has 2 heteroatoms. The van der Waals surface area contributed by atoms with Gasteiger partial charge in [-0.15, -0.1) is 0 Å². The predicted molar refractivity (Wildman–Crippen MR) is 105 cm³/mol. The summed E-state index contributed by atoms with van der Waals surface area (Å²) in [7, 11) is 2.04. The van der Waals surface area contributed by atoms with Gasteiger partial charge in [-0.25, -0.2) is 0 Å². The van der Waals surface area contributed by atoms with Crippen LogP contribution in [-0.2, 0) is 6.42 Å². The van der Waals surface area contributed by atoms with E-state index in [0.717, 1.165) is 19.7 Å². The molecule has 0 aliphatic carbocycles. The maximum Gasteiger partial charge on any atom is 0.176 e. The zero-order chi connectivity index (χ0) is 17.3. The minimum atomic E-state index is 0.363. The van der Waals surface area contributed by atoms with Crippen LogP contribution in [0.25, 0.3) is 0 Å². The fourth-order valence-corrected chi connectivity index (χ4v) is 4.10. The lowest BCUT2D eigenvalue weighted by atomic mass is 9.42. The minimum Gasteiger partial charge on any atom is -0.320 e. The second-order valence-corrected chi connectivity index (χ2v) is 9.81. The first-order valence-electron chi connectivity index (χ1n) is 9.30. The number of hydrogen-bond donors (Lipinski definition) is 1. The van der Waals surface area contributed by atoms with Crippen molar-refractivity contribution in [1.82, 2.24) is 5.32 Å². The second-order valence-electron chi connectivity index (χ2n) is 9.81. The van der Waals surface area contributed by atoms with E-state index in [2.05, 4.69) is 71.1 Å². The lowest BCUT2D eigenvalue weighted by Gasteiger charge is -2.35. The zero-order valence-electron chi connectivity index (χ0n) is 16.4. The van der Waals surface area contributed by atoms with E-state index in [1.54, 1.807) is 5.46 Å². The van der Waals surface area contributed by atoms with Gasteiger partial charge in [-0.1, -0.05) is 83.9 Å². The summed E-state index contributed by atoms with van der Waals surface area (Å²) in [5, 5.41) is 3.27. The van der Waals surface area contributed by atoms with Gasteiger partial charge in [0.25, 0.3) is 0 Å². The molecule has 23 heavy (non-hydrogen) atoms. The molecule has 1 saturated heterocycles. The highest BCUT2D eigenvalue weighted by Gasteiger charge is 2.47. The van der Waals surface area contributed by atoms with E-state index < -0.39 is 0 Å². The first-order valence-corrected chi connectivity index (χ1v) is 9.30. The monoisotopic (exact) mass is 313 g/mol. The SMILES string of the molecule is CNCCC(C)(C)Cc1ccc(B2CC(C)(C)C(C)(C)C2)cc1. The molecule has 1 aromatic carbocycles. The van der Waals surface area contributed by atoms with Crippen molar-refractivity contribution in [2.45, 2.75) is 67.0 Å². The van der Waals surface area contributed by atoms with Gasteiger partial charge in [0, 0.05) is 0 Å². The topological polar surface area (TPSA) is 12.0 Å². The summed E-state index contributed by atoms with van der Waals surface area (Å²) >= 11 is 0. The van der Waals surface area contributed by atoms with Gasteiger partial charge in [0.15, 0.2) is 6.71 Å². The molecule has 0 unspecified atom stereocenters. The third-order valence-corrected chi connectivity index (χ3v) is 6.53. The average molecular weight is 313 g/mol. The highest BCUT2D eigenvalue weighted by molar-refractivity contribution is 6.74. The third-order valence-electron chi connectivity index (χ3n) is 6.53. The van der Waals surface area contributed by atoms with Crippen LogP contribution in [0.1, 0.15) is 53.5 Å². The van der Waals surface area contributed by atoms with Crippen LogP contribution >= 0.6 is 0 Å². The molecule has 128 valence electrons. The number of hydrogen-bond acceptors (Lipinski definition) is 1. The van der Waals surface area contributed by atoms with Gasteiger partial charge in [-0.3, -0.25) is 0 Å². The fraction of sp³-hybridized carbons (Fsp3) is 0.714. The summed E-state index contributed by atoms with van der Waals surface area (Å²) in [4.78, 5) is 0. The van der Waals surface area contributed by atoms with Crippen LogP contribution in [-0.4, -0.2) is 20.3 Å². The molecule has 2 rings (SSSR count). The molecule has 1 nitrogen and oxygen atoms in total. The Kier molecular flexibility index (Phi) is 5.35. The smallest absolute Gasteiger partial charge is 0.176 e. The fourth-order valence-electron chi connectivity index (χ4n) is 4.10. The van der Waals surface area contributed by atoms with E-state index in [1.807, 2.05) is 7.05 Å². The van der Waals surface area contributed by atoms with Crippen LogP contribution in [0.4, 0.5) is 0 Å². The molecule has 0 amide bonds. The Morgan fingerprint density at radius 3 is 2.00 bits per heavy atom. The molecule has 1 aliphatic heterocycles. The molecular weight excluding hydrogens is 277 g/mol. The van der Waals surface area contributed by atoms with Crippen LogP contribution in [0.5, 0.6) is 0 Å². The quantitative estimate of drug-likeness (QED) is 0.755. The van der Waals surface area contributed by atoms with Crippen LogP contribution in [0.15, 0.2) is 24.3 Å². The summed E-state index contributed by atoms with van der Waals surface area (Å²) in [6.07, 6.45) is 5.01. The molecule has 1 fully saturated rings. The summed E-state index contributed by atoms with van der Waals surface area (Å²) in [6.45, 7) is 16.3. The van der Waals surface area contributed by atoms with Crippen molar-refractivity contribution in [2.24, 2.45) is 16.2 Å². The Morgan fingerprint density at radius 2 is 1.52 bits per heavy atom. The van der Waals surface area contributed by atoms with Gasteiger partial charge in [-0.05, 0) is 48.2 Å².